The van der Waals surface area contributed by atoms with E-state index < -0.39 is 0 Å². The fourth-order valence-electron chi connectivity index (χ4n) is 1.22. The molecular weight excluding hydrogens is 230 g/mol. The second-order valence-corrected chi connectivity index (χ2v) is 3.69. The third-order valence-corrected chi connectivity index (χ3v) is 2.41. The van der Waals surface area contributed by atoms with Crippen LogP contribution in [-0.2, 0) is 6.54 Å². The highest BCUT2D eigenvalue weighted by Gasteiger charge is 2.00. The average molecular weight is 246 g/mol. The van der Waals surface area contributed by atoms with Gasteiger partial charge in [0.05, 0.1) is 6.54 Å². The summed E-state index contributed by atoms with van der Waals surface area (Å²) in [5, 5.41) is 5.20. The molecule has 74 valence electrons. The summed E-state index contributed by atoms with van der Waals surface area (Å²) in [7, 11) is 0. The molecule has 0 bridgehead atoms. The molecule has 0 saturated heterocycles. The number of aromatic nitrogens is 2. The molecule has 1 aromatic heterocycles. The van der Waals surface area contributed by atoms with Crippen LogP contribution < -0.4 is 0 Å². The molecule has 3 nitrogen and oxygen atoms in total. The minimum absolute atomic E-state index is 0.980. The van der Waals surface area contributed by atoms with E-state index in [2.05, 4.69) is 32.9 Å². The number of halogens is 1. The van der Waals surface area contributed by atoms with Gasteiger partial charge in [-0.1, -0.05) is 22.9 Å². The Morgan fingerprint density at radius 3 is 2.85 bits per heavy atom. The van der Waals surface area contributed by atoms with Crippen molar-refractivity contribution in [2.24, 2.45) is 0 Å². The van der Waals surface area contributed by atoms with Crippen LogP contribution in [0.15, 0.2) is 18.5 Å². The topological polar surface area (TPSA) is 21.1 Å². The summed E-state index contributed by atoms with van der Waals surface area (Å²) in [6.07, 6.45) is 3.82. The van der Waals surface area contributed by atoms with Gasteiger partial charge in [0, 0.05) is 30.8 Å². The molecule has 0 amide bonds. The zero-order chi connectivity index (χ0) is 9.52. The molecule has 0 spiro atoms. The monoisotopic (exact) mass is 245 g/mol. The maximum atomic E-state index is 4.16. The van der Waals surface area contributed by atoms with Crippen molar-refractivity contribution < 1.29 is 0 Å². The Labute approximate surface area is 87.9 Å². The molecule has 0 N–H and O–H groups in total. The minimum Gasteiger partial charge on any atom is -0.301 e. The Hall–Kier alpha value is -0.350. The summed E-state index contributed by atoms with van der Waals surface area (Å²) >= 11 is 3.45. The smallest absolute Gasteiger partial charge is 0.0536 e. The van der Waals surface area contributed by atoms with Gasteiger partial charge in [-0.15, -0.1) is 0 Å². The van der Waals surface area contributed by atoms with E-state index in [4.69, 9.17) is 0 Å². The third kappa shape index (κ3) is 3.91. The van der Waals surface area contributed by atoms with Gasteiger partial charge in [0.25, 0.3) is 0 Å². The molecule has 0 aliphatic heterocycles. The van der Waals surface area contributed by atoms with Crippen molar-refractivity contribution in [2.75, 3.05) is 25.0 Å². The van der Waals surface area contributed by atoms with Crippen molar-refractivity contribution in [3.63, 3.8) is 0 Å². The first-order valence-electron chi connectivity index (χ1n) is 4.62. The van der Waals surface area contributed by atoms with Crippen LogP contribution in [0.5, 0.6) is 0 Å². The van der Waals surface area contributed by atoms with Crippen LogP contribution in [-0.4, -0.2) is 39.6 Å². The van der Waals surface area contributed by atoms with Gasteiger partial charge in [-0.25, -0.2) is 0 Å². The molecule has 0 aromatic carbocycles. The van der Waals surface area contributed by atoms with Gasteiger partial charge in [-0.3, -0.25) is 4.68 Å². The van der Waals surface area contributed by atoms with Crippen molar-refractivity contribution >= 4 is 15.9 Å². The SMILES string of the molecule is CCN(CCBr)CCn1cccn1. The van der Waals surface area contributed by atoms with Crippen LogP contribution in [0.1, 0.15) is 6.92 Å². The second kappa shape index (κ2) is 6.16. The van der Waals surface area contributed by atoms with Gasteiger partial charge < -0.3 is 4.90 Å². The van der Waals surface area contributed by atoms with E-state index in [1.54, 1.807) is 0 Å². The largest absolute Gasteiger partial charge is 0.301 e. The molecule has 0 fully saturated rings. The van der Waals surface area contributed by atoms with E-state index in [-0.39, 0.29) is 0 Å². The van der Waals surface area contributed by atoms with Crippen molar-refractivity contribution in [3.8, 4) is 0 Å². The van der Waals surface area contributed by atoms with Gasteiger partial charge in [0.1, 0.15) is 0 Å². The van der Waals surface area contributed by atoms with Crippen LogP contribution in [0, 0.1) is 0 Å². The predicted molar refractivity (Wildman–Crippen MR) is 58.1 cm³/mol. The zero-order valence-electron chi connectivity index (χ0n) is 7.99. The maximum absolute atomic E-state index is 4.16. The molecule has 1 aromatic rings. The van der Waals surface area contributed by atoms with Gasteiger partial charge >= 0.3 is 0 Å². The number of alkyl halides is 1. The average Bonchev–Trinajstić information content (AvgIpc) is 2.64. The van der Waals surface area contributed by atoms with E-state index in [0.29, 0.717) is 0 Å². The van der Waals surface area contributed by atoms with E-state index in [1.807, 2.05) is 23.1 Å². The molecule has 1 heterocycles. The lowest BCUT2D eigenvalue weighted by Gasteiger charge is -2.18. The summed E-state index contributed by atoms with van der Waals surface area (Å²) in [6.45, 7) is 6.45. The Balaban J connectivity index is 2.23. The van der Waals surface area contributed by atoms with Crippen molar-refractivity contribution in [1.82, 2.24) is 14.7 Å². The van der Waals surface area contributed by atoms with Crippen LogP contribution in [0.4, 0.5) is 0 Å². The van der Waals surface area contributed by atoms with Crippen molar-refractivity contribution in [3.05, 3.63) is 18.5 Å². The lowest BCUT2D eigenvalue weighted by molar-refractivity contribution is 0.288. The summed E-state index contributed by atoms with van der Waals surface area (Å²) in [6, 6.07) is 1.96. The fraction of sp³-hybridized carbons (Fsp3) is 0.667. The number of hydrogen-bond acceptors (Lipinski definition) is 2. The number of likely N-dealkylation sites (N-methyl/N-ethyl adjacent to an activating group) is 1. The number of rotatable bonds is 6. The van der Waals surface area contributed by atoms with Crippen LogP contribution in [0.2, 0.25) is 0 Å². The van der Waals surface area contributed by atoms with Gasteiger partial charge in [0.2, 0.25) is 0 Å². The molecule has 0 atom stereocenters. The van der Waals surface area contributed by atoms with Gasteiger partial charge in [-0.05, 0) is 12.6 Å². The lowest BCUT2D eigenvalue weighted by Crippen LogP contribution is -2.29. The summed E-state index contributed by atoms with van der Waals surface area (Å²) < 4.78 is 1.97. The Morgan fingerprint density at radius 2 is 2.31 bits per heavy atom. The standard InChI is InChI=1S/C9H16BrN3/c1-2-12(7-4-10)8-9-13-6-3-5-11-13/h3,5-6H,2,4,7-9H2,1H3. The van der Waals surface area contributed by atoms with E-state index in [0.717, 1.165) is 31.5 Å². The quantitative estimate of drug-likeness (QED) is 0.711. The van der Waals surface area contributed by atoms with E-state index >= 15 is 0 Å². The highest BCUT2D eigenvalue weighted by atomic mass is 79.9. The second-order valence-electron chi connectivity index (χ2n) is 2.89. The normalized spacial score (nSPS) is 11.0. The Morgan fingerprint density at radius 1 is 1.46 bits per heavy atom. The van der Waals surface area contributed by atoms with Crippen LogP contribution in [0.25, 0.3) is 0 Å². The van der Waals surface area contributed by atoms with Crippen LogP contribution in [0.3, 0.4) is 0 Å². The predicted octanol–water partition coefficient (Wildman–Crippen LogP) is 1.60. The van der Waals surface area contributed by atoms with Crippen LogP contribution >= 0.6 is 15.9 Å². The first kappa shape index (κ1) is 10.7. The summed E-state index contributed by atoms with van der Waals surface area (Å²) in [5.41, 5.74) is 0. The first-order valence-corrected chi connectivity index (χ1v) is 5.74. The minimum atomic E-state index is 0.980. The molecule has 1 rings (SSSR count). The molecule has 0 aliphatic carbocycles. The molecular formula is C9H16BrN3. The third-order valence-electron chi connectivity index (χ3n) is 2.05. The van der Waals surface area contributed by atoms with Gasteiger partial charge in [-0.2, -0.15) is 5.10 Å². The highest BCUT2D eigenvalue weighted by molar-refractivity contribution is 9.09. The van der Waals surface area contributed by atoms with E-state index in [9.17, 15) is 0 Å². The Kier molecular flexibility index (Phi) is 5.08. The van der Waals surface area contributed by atoms with Crippen molar-refractivity contribution in [2.45, 2.75) is 13.5 Å². The molecule has 13 heavy (non-hydrogen) atoms. The molecule has 0 unspecified atom stereocenters. The Bertz CT molecular complexity index is 211. The highest BCUT2D eigenvalue weighted by Crippen LogP contribution is 1.93. The first-order chi connectivity index (χ1) is 6.36. The molecule has 0 aliphatic rings. The van der Waals surface area contributed by atoms with Crippen molar-refractivity contribution in [1.29, 1.82) is 0 Å². The van der Waals surface area contributed by atoms with E-state index in [1.165, 1.54) is 0 Å². The zero-order valence-corrected chi connectivity index (χ0v) is 9.57. The summed E-state index contributed by atoms with van der Waals surface area (Å²) in [5.74, 6) is 0. The molecule has 4 heteroatoms. The van der Waals surface area contributed by atoms with Gasteiger partial charge in [0.15, 0.2) is 0 Å². The lowest BCUT2D eigenvalue weighted by atomic mass is 10.5. The maximum Gasteiger partial charge on any atom is 0.0536 e. The number of hydrogen-bond donors (Lipinski definition) is 0. The molecule has 0 saturated carbocycles. The molecule has 0 radical (unpaired) electrons. The fourth-order valence-corrected chi connectivity index (χ4v) is 1.73. The number of nitrogens with zero attached hydrogens (tertiary/aromatic N) is 3. The summed E-state index contributed by atoms with van der Waals surface area (Å²) in [4.78, 5) is 2.40.